The lowest BCUT2D eigenvalue weighted by molar-refractivity contribution is 0.317. The summed E-state index contributed by atoms with van der Waals surface area (Å²) >= 11 is 0. The Balaban J connectivity index is 1.66. The molecule has 0 amide bonds. The quantitative estimate of drug-likeness (QED) is 0.519. The van der Waals surface area contributed by atoms with Crippen molar-refractivity contribution >= 4 is 5.84 Å². The first-order chi connectivity index (χ1) is 11.7. The van der Waals surface area contributed by atoms with E-state index in [4.69, 9.17) is 15.9 Å². The number of nitrogen functional groups attached to an aromatic ring is 1. The minimum absolute atomic E-state index is 0.0830. The Morgan fingerprint density at radius 1 is 1.08 bits per heavy atom. The van der Waals surface area contributed by atoms with Crippen molar-refractivity contribution in [1.82, 2.24) is 9.55 Å². The number of benzene rings is 2. The van der Waals surface area contributed by atoms with Crippen molar-refractivity contribution in [3.05, 3.63) is 83.9 Å². The lowest BCUT2D eigenvalue weighted by Crippen LogP contribution is -2.16. The van der Waals surface area contributed by atoms with E-state index >= 15 is 0 Å². The molecule has 0 saturated heterocycles. The van der Waals surface area contributed by atoms with E-state index in [1.165, 1.54) is 0 Å². The Morgan fingerprint density at radius 2 is 1.83 bits per heavy atom. The topological polar surface area (TPSA) is 76.9 Å². The number of nitrogens with one attached hydrogen (secondary N) is 1. The van der Waals surface area contributed by atoms with E-state index in [1.807, 2.05) is 60.8 Å². The van der Waals surface area contributed by atoms with E-state index in [2.05, 4.69) is 9.55 Å². The van der Waals surface area contributed by atoms with Gasteiger partial charge < -0.3 is 15.0 Å². The minimum atomic E-state index is 0.0830. The van der Waals surface area contributed by atoms with Crippen molar-refractivity contribution in [3.63, 3.8) is 0 Å². The molecule has 0 aliphatic heterocycles. The van der Waals surface area contributed by atoms with Gasteiger partial charge in [-0.1, -0.05) is 42.5 Å². The van der Waals surface area contributed by atoms with Crippen molar-refractivity contribution in [2.45, 2.75) is 13.0 Å². The fraction of sp³-hybridized carbons (Fsp3) is 0.158. The van der Waals surface area contributed by atoms with E-state index in [9.17, 15) is 0 Å². The van der Waals surface area contributed by atoms with Gasteiger partial charge in [0.15, 0.2) is 0 Å². The second-order valence-electron chi connectivity index (χ2n) is 5.45. The van der Waals surface area contributed by atoms with Crippen LogP contribution in [0.4, 0.5) is 0 Å². The fourth-order valence-corrected chi connectivity index (χ4v) is 2.59. The van der Waals surface area contributed by atoms with Crippen LogP contribution in [0, 0.1) is 5.41 Å². The number of para-hydroxylation sites is 1. The van der Waals surface area contributed by atoms with Crippen LogP contribution in [0.15, 0.2) is 67.0 Å². The lowest BCUT2D eigenvalue weighted by atomic mass is 10.1. The van der Waals surface area contributed by atoms with Crippen LogP contribution >= 0.6 is 0 Å². The zero-order chi connectivity index (χ0) is 16.8. The molecule has 1 aromatic heterocycles. The number of ether oxygens (including phenoxy) is 1. The average molecular weight is 320 g/mol. The molecular formula is C19H20N4O. The molecule has 122 valence electrons. The molecule has 0 atom stereocenters. The molecule has 0 spiro atoms. The number of nitrogens with zero attached hydrogens (tertiary/aromatic N) is 2. The van der Waals surface area contributed by atoms with Crippen molar-refractivity contribution < 1.29 is 4.74 Å². The first-order valence-electron chi connectivity index (χ1n) is 7.84. The molecule has 0 radical (unpaired) electrons. The lowest BCUT2D eigenvalue weighted by Gasteiger charge is -2.12. The maximum absolute atomic E-state index is 7.70. The highest BCUT2D eigenvalue weighted by Gasteiger charge is 2.08. The van der Waals surface area contributed by atoms with E-state index in [0.29, 0.717) is 19.6 Å². The molecule has 5 nitrogen and oxygen atoms in total. The minimum Gasteiger partial charge on any atom is -0.493 e. The molecule has 0 unspecified atom stereocenters. The van der Waals surface area contributed by atoms with Gasteiger partial charge in [0.25, 0.3) is 0 Å². The van der Waals surface area contributed by atoms with Crippen LogP contribution in [0.1, 0.15) is 17.0 Å². The van der Waals surface area contributed by atoms with Crippen LogP contribution < -0.4 is 10.5 Å². The molecule has 0 saturated carbocycles. The summed E-state index contributed by atoms with van der Waals surface area (Å²) in [5.41, 5.74) is 7.43. The number of imidazole rings is 1. The summed E-state index contributed by atoms with van der Waals surface area (Å²) in [5, 5.41) is 7.70. The van der Waals surface area contributed by atoms with Gasteiger partial charge in [0.2, 0.25) is 0 Å². The zero-order valence-corrected chi connectivity index (χ0v) is 13.4. The molecule has 2 aromatic carbocycles. The monoisotopic (exact) mass is 320 g/mol. The summed E-state index contributed by atoms with van der Waals surface area (Å²) in [6.45, 7) is 1.20. The summed E-state index contributed by atoms with van der Waals surface area (Å²) in [6, 6.07) is 17.5. The van der Waals surface area contributed by atoms with E-state index < -0.39 is 0 Å². The SMILES string of the molecule is N=C(N)c1ccccc1Cn1ccnc1CCOc1ccccc1. The Morgan fingerprint density at radius 3 is 2.62 bits per heavy atom. The standard InChI is InChI=1S/C19H20N4O/c20-19(21)17-9-5-4-6-15(17)14-23-12-11-22-18(23)10-13-24-16-7-2-1-3-8-16/h1-9,11-12H,10,13-14H2,(H3,20,21). The van der Waals surface area contributed by atoms with Crippen LogP contribution in [0.3, 0.4) is 0 Å². The normalized spacial score (nSPS) is 10.5. The third-order valence-electron chi connectivity index (χ3n) is 3.79. The first-order valence-corrected chi connectivity index (χ1v) is 7.84. The molecule has 3 N–H and O–H groups in total. The molecule has 0 bridgehead atoms. The van der Waals surface area contributed by atoms with Crippen molar-refractivity contribution in [3.8, 4) is 5.75 Å². The smallest absolute Gasteiger partial charge is 0.123 e. The molecule has 5 heteroatoms. The number of rotatable bonds is 7. The van der Waals surface area contributed by atoms with E-state index in [-0.39, 0.29) is 5.84 Å². The maximum Gasteiger partial charge on any atom is 0.123 e. The van der Waals surface area contributed by atoms with Gasteiger partial charge in [-0.05, 0) is 17.7 Å². The maximum atomic E-state index is 7.70. The average Bonchev–Trinajstić information content (AvgIpc) is 3.03. The van der Waals surface area contributed by atoms with Gasteiger partial charge in [0.05, 0.1) is 6.61 Å². The molecule has 0 aliphatic rings. The first kappa shape index (κ1) is 15.8. The summed E-state index contributed by atoms with van der Waals surface area (Å²) in [5.74, 6) is 1.89. The van der Waals surface area contributed by atoms with Gasteiger partial charge in [-0.25, -0.2) is 4.98 Å². The van der Waals surface area contributed by atoms with Crippen LogP contribution in [-0.2, 0) is 13.0 Å². The molecule has 24 heavy (non-hydrogen) atoms. The molecule has 0 aliphatic carbocycles. The van der Waals surface area contributed by atoms with Gasteiger partial charge in [-0.3, -0.25) is 5.41 Å². The van der Waals surface area contributed by atoms with Gasteiger partial charge in [0.1, 0.15) is 17.4 Å². The Kier molecular flexibility index (Phi) is 4.91. The number of amidine groups is 1. The third-order valence-corrected chi connectivity index (χ3v) is 3.79. The van der Waals surface area contributed by atoms with E-state index in [1.54, 1.807) is 6.20 Å². The number of hydrogen-bond donors (Lipinski definition) is 2. The molecular weight excluding hydrogens is 300 g/mol. The molecule has 1 heterocycles. The predicted octanol–water partition coefficient (Wildman–Crippen LogP) is 2.84. The largest absolute Gasteiger partial charge is 0.493 e. The highest BCUT2D eigenvalue weighted by molar-refractivity contribution is 5.96. The fourth-order valence-electron chi connectivity index (χ4n) is 2.59. The van der Waals surface area contributed by atoms with Crippen LogP contribution in [0.2, 0.25) is 0 Å². The van der Waals surface area contributed by atoms with Gasteiger partial charge in [-0.2, -0.15) is 0 Å². The summed E-state index contributed by atoms with van der Waals surface area (Å²) < 4.78 is 7.80. The van der Waals surface area contributed by atoms with Crippen LogP contribution in [0.5, 0.6) is 5.75 Å². The van der Waals surface area contributed by atoms with Crippen LogP contribution in [0.25, 0.3) is 0 Å². The highest BCUT2D eigenvalue weighted by Crippen LogP contribution is 2.13. The Bertz CT molecular complexity index is 811. The van der Waals surface area contributed by atoms with Crippen molar-refractivity contribution in [2.24, 2.45) is 5.73 Å². The van der Waals surface area contributed by atoms with Gasteiger partial charge in [0, 0.05) is 30.9 Å². The number of nitrogens with two attached hydrogens (primary N) is 1. The Hall–Kier alpha value is -3.08. The van der Waals surface area contributed by atoms with E-state index in [0.717, 1.165) is 22.7 Å². The van der Waals surface area contributed by atoms with Crippen molar-refractivity contribution in [1.29, 1.82) is 5.41 Å². The molecule has 0 fully saturated rings. The highest BCUT2D eigenvalue weighted by atomic mass is 16.5. The molecule has 3 aromatic rings. The second kappa shape index (κ2) is 7.46. The second-order valence-corrected chi connectivity index (χ2v) is 5.45. The van der Waals surface area contributed by atoms with Crippen LogP contribution in [-0.4, -0.2) is 22.0 Å². The Labute approximate surface area is 141 Å². The van der Waals surface area contributed by atoms with Crippen molar-refractivity contribution in [2.75, 3.05) is 6.61 Å². The zero-order valence-electron chi connectivity index (χ0n) is 13.4. The third kappa shape index (κ3) is 3.81. The van der Waals surface area contributed by atoms with Gasteiger partial charge >= 0.3 is 0 Å². The number of hydrogen-bond acceptors (Lipinski definition) is 3. The summed E-state index contributed by atoms with van der Waals surface area (Å²) in [4.78, 5) is 4.42. The predicted molar refractivity (Wildman–Crippen MR) is 94.4 cm³/mol. The summed E-state index contributed by atoms with van der Waals surface area (Å²) in [7, 11) is 0. The summed E-state index contributed by atoms with van der Waals surface area (Å²) in [6.07, 6.45) is 4.44. The number of aromatic nitrogens is 2. The molecule has 3 rings (SSSR count). The van der Waals surface area contributed by atoms with Gasteiger partial charge in [-0.15, -0.1) is 0 Å².